The molecule has 2 aliphatic heterocycles. The molecular formula is C113H126Cl12N6O10. The number of amides is 10. The van der Waals surface area contributed by atoms with E-state index < -0.39 is 11.8 Å². The fourth-order valence-corrected chi connectivity index (χ4v) is 25.8. The first-order chi connectivity index (χ1) is 67.5. The number of nitrogens with one attached hydrogen (secondary N) is 4. The molecule has 10 amide bonds. The maximum absolute atomic E-state index is 13.6. The predicted molar refractivity (Wildman–Crippen MR) is 568 cm³/mol. The van der Waals surface area contributed by atoms with E-state index in [1.165, 1.54) is 4.90 Å². The van der Waals surface area contributed by atoms with E-state index in [1.54, 1.807) is 29.2 Å². The van der Waals surface area contributed by atoms with Crippen LogP contribution in [0, 0.1) is 82.9 Å². The average Bonchev–Trinajstić information content (AvgIpc) is 1.62. The summed E-state index contributed by atoms with van der Waals surface area (Å²) in [5.41, 5.74) is 8.32. The number of nitrogens with zero attached hydrogens (tertiary/aromatic N) is 2. The van der Waals surface area contributed by atoms with E-state index in [0.717, 1.165) is 141 Å². The van der Waals surface area contributed by atoms with Crippen LogP contribution in [-0.2, 0) is 47.9 Å². The number of imide groups is 4. The lowest BCUT2D eigenvalue weighted by atomic mass is 9.62. The Kier molecular flexibility index (Phi) is 39.1. The lowest BCUT2D eigenvalue weighted by Gasteiger charge is -2.44. The molecule has 9 fully saturated rings. The highest BCUT2D eigenvalue weighted by atomic mass is 35.5. The monoisotopic (exact) mass is 2150 g/mol. The van der Waals surface area contributed by atoms with Crippen molar-refractivity contribution in [2.24, 2.45) is 82.9 Å². The number of rotatable bonds is 26. The van der Waals surface area contributed by atoms with E-state index in [2.05, 4.69) is 49.0 Å². The van der Waals surface area contributed by atoms with E-state index in [1.807, 2.05) is 159 Å². The van der Waals surface area contributed by atoms with Gasteiger partial charge in [-0.1, -0.05) is 273 Å². The Hall–Kier alpha value is -7.26. The van der Waals surface area contributed by atoms with Gasteiger partial charge >= 0.3 is 0 Å². The van der Waals surface area contributed by atoms with Crippen LogP contribution in [0.3, 0.4) is 0 Å². The highest BCUT2D eigenvalue weighted by Crippen LogP contribution is 2.59. The number of carbonyl (C=O) groups excluding carboxylic acids is 10. The third-order valence-corrected chi connectivity index (χ3v) is 34.5. The van der Waals surface area contributed by atoms with E-state index in [-0.39, 0.29) is 160 Å². The highest BCUT2D eigenvalue weighted by molar-refractivity contribution is 6.37. The molecule has 2 heterocycles. The summed E-state index contributed by atoms with van der Waals surface area (Å²) >= 11 is 76.2. The molecule has 0 unspecified atom stereocenters. The second-order valence-electron chi connectivity index (χ2n) is 41.4. The lowest BCUT2D eigenvalue weighted by molar-refractivity contribution is -0.148. The summed E-state index contributed by atoms with van der Waals surface area (Å²) in [6.45, 7) is 14.1. The van der Waals surface area contributed by atoms with Gasteiger partial charge in [0.2, 0.25) is 59.1 Å². The van der Waals surface area contributed by atoms with Crippen LogP contribution in [0.15, 0.2) is 170 Å². The Bertz CT molecular complexity index is 5780. The minimum absolute atomic E-state index is 0.00192. The number of likely N-dealkylation sites (tertiary alicyclic amines) is 2. The third kappa shape index (κ3) is 27.4. The van der Waals surface area contributed by atoms with Crippen molar-refractivity contribution in [3.8, 4) is 0 Å². The highest BCUT2D eigenvalue weighted by Gasteiger charge is 2.55. The predicted octanol–water partition coefficient (Wildman–Crippen LogP) is 29.1. The van der Waals surface area contributed by atoms with Crippen LogP contribution in [0.1, 0.15) is 281 Å². The molecule has 0 radical (unpaired) electrons. The number of hydrogen-bond acceptors (Lipinski definition) is 10. The zero-order valence-electron chi connectivity index (χ0n) is 80.5. The number of halogens is 12. The van der Waals surface area contributed by atoms with Crippen molar-refractivity contribution in [1.82, 2.24) is 31.1 Å². The van der Waals surface area contributed by atoms with Crippen LogP contribution in [-0.4, -0.2) is 95.1 Å². The Labute approximate surface area is 889 Å². The summed E-state index contributed by atoms with van der Waals surface area (Å²) in [6.07, 6.45) is 17.6. The van der Waals surface area contributed by atoms with Crippen LogP contribution in [0.4, 0.5) is 0 Å². The smallest absolute Gasteiger partial charge is 0.232 e. The van der Waals surface area contributed by atoms with Crippen LogP contribution >= 0.6 is 139 Å². The second kappa shape index (κ2) is 50.4. The molecule has 0 bridgehead atoms. The Balaban J connectivity index is 0.000000150. The van der Waals surface area contributed by atoms with Gasteiger partial charge in [0.25, 0.3) is 0 Å². The number of fused-ring (bicyclic) bond motifs is 2. The zero-order chi connectivity index (χ0) is 101. The van der Waals surface area contributed by atoms with Gasteiger partial charge in [-0.15, -0.1) is 0 Å². The number of benzene rings is 8. The Morgan fingerprint density at radius 2 is 0.603 bits per heavy atom. The van der Waals surface area contributed by atoms with Crippen LogP contribution in [0.5, 0.6) is 0 Å². The van der Waals surface area contributed by atoms with Gasteiger partial charge in [0.1, 0.15) is 0 Å². The van der Waals surface area contributed by atoms with E-state index in [9.17, 15) is 47.9 Å². The molecule has 0 spiro atoms. The largest absolute Gasteiger partial charge is 0.356 e. The van der Waals surface area contributed by atoms with E-state index >= 15 is 0 Å². The maximum Gasteiger partial charge on any atom is 0.232 e. The van der Waals surface area contributed by atoms with Gasteiger partial charge in [0.05, 0.1) is 0 Å². The Morgan fingerprint density at radius 1 is 0.305 bits per heavy atom. The molecule has 17 rings (SSSR count). The van der Waals surface area contributed by atoms with Crippen molar-refractivity contribution in [3.05, 3.63) is 275 Å². The fraction of sp³-hybridized carbons (Fsp3) is 0.487. The van der Waals surface area contributed by atoms with Crippen molar-refractivity contribution in [3.63, 3.8) is 0 Å². The van der Waals surface area contributed by atoms with Gasteiger partial charge in [-0.05, 0) is 339 Å². The SMILES string of the molecule is CC(C)CCC(=O)N1C[C@H]2[C@@H](c3ccc(Cl)cc3)[C@H](c3ccc(Cl)cc3Cl)CC[C@H]2C1=O.CC(C)CCC(=O)NC[C@H]1[C@@H](c2ccc(Cl)cc2)[C@H](c2ccc(Cl)cc2Cl)CC[C@H]1C(=O)NC(=O)CCC(C)C.O=C(C1CCC1)N1C[C@H]2[C@@H](c3ccc(Cl)cc3)[C@H](c3ccc(Cl)cc3Cl)CC[C@H]2C1=O.O=C(NC[C@H]1[C@@H](c2ccc(Cl)cc2)[C@H](c2ccc(Cl)cc2Cl)CC[C@H]1C(=O)NC(=O)C1CCC1)C1CCC1. The van der Waals surface area contributed by atoms with Gasteiger partial charge in [-0.25, -0.2) is 0 Å². The summed E-state index contributed by atoms with van der Waals surface area (Å²) < 4.78 is 0. The summed E-state index contributed by atoms with van der Waals surface area (Å²) in [5, 5.41) is 19.0. The molecular weight excluding hydrogens is 2030 g/mol. The van der Waals surface area contributed by atoms with Gasteiger partial charge in [0.15, 0.2) is 0 Å². The molecule has 16 atom stereocenters. The normalized spacial score (nSPS) is 24.8. The van der Waals surface area contributed by atoms with Crippen molar-refractivity contribution < 1.29 is 47.9 Å². The van der Waals surface area contributed by atoms with Gasteiger partial charge in [-0.3, -0.25) is 68.4 Å². The summed E-state index contributed by atoms with van der Waals surface area (Å²) in [7, 11) is 0. The third-order valence-electron chi connectivity index (χ3n) is 31.3. The van der Waals surface area contributed by atoms with Crippen LogP contribution < -0.4 is 21.3 Å². The first-order valence-electron chi connectivity index (χ1n) is 50.2. The van der Waals surface area contributed by atoms with Gasteiger partial charge in [-0.2, -0.15) is 0 Å². The molecule has 0 aromatic heterocycles. The lowest BCUT2D eigenvalue weighted by Crippen LogP contribution is -2.49. The van der Waals surface area contributed by atoms with Gasteiger partial charge < -0.3 is 10.6 Å². The first kappa shape index (κ1) is 109. The molecule has 16 nitrogen and oxygen atoms in total. The van der Waals surface area contributed by atoms with E-state index in [4.69, 9.17) is 139 Å². The quantitative estimate of drug-likeness (QED) is 0.0375. The zero-order valence-corrected chi connectivity index (χ0v) is 89.5. The standard InChI is InChI=1S/C32H41Cl3N2O3.C30H33Cl3N2O3.C26H28Cl3NO2.C25H24Cl3NO2/c1-19(2)5-15-29(38)36-18-27-26(32(40)37-30(39)16-6-20(3)4)14-13-25(24-12-11-23(34)17-28(24)35)31(27)21-7-9-22(33)10-8-21;31-20-9-7-17(8-10-20)27-23(22-12-11-21(32)15-26(22)33)13-14-24(30(38)35-29(37)19-5-2-6-19)25(27)16-34-28(36)18-3-1-4-18;1-15(2)3-12-24(31)30-14-22-21(26(30)32)11-10-20(19-9-8-18(28)13-23(19)29)25(22)16-4-6-17(27)7-5-16;26-16-6-4-14(5-7-16)23-19(18-9-8-17(27)12-22(18)28)10-11-20-21(23)13-29(25(20)31)24(30)15-2-1-3-15/h7-12,17,19-20,25-27,31H,5-6,13-16,18H2,1-4H3,(H,36,38)(H,37,39,40);7-12,15,18-19,23-25,27H,1-6,13-14,16H2,(H,34,36)(H,35,37,38);4-9,13,15,20-22,25H,3,10-12,14H2,1-2H3;4-9,12,15,19-21,23H,1-3,10-11,13H2/t25-,26+,27+,31-;23-,24+,25+,27-;20-,21+,22+,25-;19-,20+,21+,23-/m0000/s1. The van der Waals surface area contributed by atoms with Crippen molar-refractivity contribution >= 4 is 198 Å². The molecule has 8 aromatic rings. The molecule has 4 N–H and O–H groups in total. The maximum atomic E-state index is 13.6. The molecule has 8 aromatic carbocycles. The number of carbonyl (C=O) groups is 10. The molecule has 141 heavy (non-hydrogen) atoms. The van der Waals surface area contributed by atoms with Crippen molar-refractivity contribution in [2.45, 2.75) is 237 Å². The summed E-state index contributed by atoms with van der Waals surface area (Å²) in [6, 6.07) is 53.5. The molecule has 2 saturated heterocycles. The Morgan fingerprint density at radius 3 is 0.957 bits per heavy atom. The molecule has 7 saturated carbocycles. The van der Waals surface area contributed by atoms with E-state index in [0.29, 0.717) is 156 Å². The number of hydrogen-bond donors (Lipinski definition) is 4. The molecule has 28 heteroatoms. The summed E-state index contributed by atoms with van der Waals surface area (Å²) in [5.74, 6) is -1.18. The first-order valence-corrected chi connectivity index (χ1v) is 54.7. The van der Waals surface area contributed by atoms with Crippen LogP contribution in [0.2, 0.25) is 60.3 Å². The van der Waals surface area contributed by atoms with Crippen LogP contribution in [0.25, 0.3) is 0 Å². The van der Waals surface area contributed by atoms with Crippen molar-refractivity contribution in [1.29, 1.82) is 0 Å². The topological polar surface area (TPSA) is 225 Å². The fourth-order valence-electron chi connectivity index (χ4n) is 23.1. The minimum atomic E-state index is -0.462. The minimum Gasteiger partial charge on any atom is -0.356 e. The summed E-state index contributed by atoms with van der Waals surface area (Å²) in [4.78, 5) is 134. The average molecular weight is 2150 g/mol. The molecule has 9 aliphatic rings. The molecule has 752 valence electrons. The molecule has 7 aliphatic carbocycles. The second-order valence-corrected chi connectivity index (χ2v) is 46.5. The van der Waals surface area contributed by atoms with Gasteiger partial charge in [0, 0.05) is 147 Å². The van der Waals surface area contributed by atoms with Crippen molar-refractivity contribution in [2.75, 3.05) is 26.2 Å².